The molecule has 1 saturated heterocycles. The number of ether oxygens (including phenoxy) is 2. The number of hydrogen-bond donors (Lipinski definition) is 0. The number of carbonyl (C=O) groups is 2. The Morgan fingerprint density at radius 3 is 2.56 bits per heavy atom. The van der Waals surface area contributed by atoms with Crippen molar-refractivity contribution in [2.45, 2.75) is 0 Å². The van der Waals surface area contributed by atoms with Gasteiger partial charge in [-0.3, -0.25) is 9.59 Å². The Bertz CT molecular complexity index is 728. The smallest absolute Gasteiger partial charge is 0.260 e. The Morgan fingerprint density at radius 1 is 1.12 bits per heavy atom. The number of ketones is 1. The van der Waals surface area contributed by atoms with Crippen LogP contribution in [0.3, 0.4) is 0 Å². The van der Waals surface area contributed by atoms with Crippen LogP contribution in [0.1, 0.15) is 16.1 Å². The van der Waals surface area contributed by atoms with Crippen LogP contribution in [-0.4, -0.2) is 49.5 Å². The van der Waals surface area contributed by atoms with Crippen molar-refractivity contribution in [1.82, 2.24) is 4.90 Å². The zero-order valence-corrected chi connectivity index (χ0v) is 13.7. The van der Waals surface area contributed by atoms with E-state index < -0.39 is 0 Å². The van der Waals surface area contributed by atoms with Crippen molar-refractivity contribution in [2.24, 2.45) is 0 Å². The molecule has 1 fully saturated rings. The molecule has 0 radical (unpaired) electrons. The molecule has 0 bridgehead atoms. The molecule has 130 valence electrons. The van der Waals surface area contributed by atoms with Gasteiger partial charge in [0.25, 0.3) is 5.91 Å². The summed E-state index contributed by atoms with van der Waals surface area (Å²) in [6, 6.07) is 10.2. The van der Waals surface area contributed by atoms with E-state index in [9.17, 15) is 9.59 Å². The molecule has 0 N–H and O–H groups in total. The fraction of sp³-hybridized carbons (Fsp3) is 0.263. The van der Waals surface area contributed by atoms with E-state index in [1.54, 1.807) is 53.6 Å². The van der Waals surface area contributed by atoms with Crippen LogP contribution in [0, 0.1) is 0 Å². The van der Waals surface area contributed by atoms with E-state index in [1.165, 1.54) is 6.08 Å². The normalized spacial score (nSPS) is 14.6. The van der Waals surface area contributed by atoms with E-state index in [-0.39, 0.29) is 18.3 Å². The highest BCUT2D eigenvalue weighted by Gasteiger charge is 2.17. The molecule has 0 atom stereocenters. The van der Waals surface area contributed by atoms with E-state index in [0.29, 0.717) is 43.4 Å². The lowest BCUT2D eigenvalue weighted by Gasteiger charge is -2.26. The number of morpholine rings is 1. The van der Waals surface area contributed by atoms with Crippen molar-refractivity contribution in [3.8, 4) is 5.75 Å². The largest absolute Gasteiger partial charge is 0.484 e. The number of nitrogens with zero attached hydrogens (tertiary/aromatic N) is 1. The molecular formula is C19H19NO5. The molecule has 1 aromatic carbocycles. The molecular weight excluding hydrogens is 322 g/mol. The molecule has 25 heavy (non-hydrogen) atoms. The SMILES string of the molecule is O=C(/C=C/c1ccco1)c1ccc(OCC(=O)N2CCOCC2)cc1. The number of hydrogen-bond acceptors (Lipinski definition) is 5. The number of rotatable bonds is 6. The summed E-state index contributed by atoms with van der Waals surface area (Å²) in [6.45, 7) is 2.29. The van der Waals surface area contributed by atoms with Crippen LogP contribution < -0.4 is 4.74 Å². The first-order chi connectivity index (χ1) is 12.2. The molecule has 1 aliphatic rings. The van der Waals surface area contributed by atoms with Crippen molar-refractivity contribution >= 4 is 17.8 Å². The quantitative estimate of drug-likeness (QED) is 0.596. The van der Waals surface area contributed by atoms with Gasteiger partial charge in [-0.15, -0.1) is 0 Å². The van der Waals surface area contributed by atoms with Crippen molar-refractivity contribution < 1.29 is 23.5 Å². The number of carbonyl (C=O) groups excluding carboxylic acids is 2. The summed E-state index contributed by atoms with van der Waals surface area (Å²) >= 11 is 0. The van der Waals surface area contributed by atoms with E-state index in [4.69, 9.17) is 13.9 Å². The summed E-state index contributed by atoms with van der Waals surface area (Å²) < 4.78 is 15.9. The lowest BCUT2D eigenvalue weighted by molar-refractivity contribution is -0.137. The third kappa shape index (κ3) is 4.81. The van der Waals surface area contributed by atoms with E-state index in [0.717, 1.165) is 0 Å². The summed E-state index contributed by atoms with van der Waals surface area (Å²) in [7, 11) is 0. The maximum Gasteiger partial charge on any atom is 0.260 e. The standard InChI is InChI=1S/C19H19NO5/c21-18(8-7-16-2-1-11-24-16)15-3-5-17(6-4-15)25-14-19(22)20-9-12-23-13-10-20/h1-8,11H,9-10,12-14H2/b8-7+. The van der Waals surface area contributed by atoms with Crippen molar-refractivity contribution in [3.05, 3.63) is 60.1 Å². The zero-order chi connectivity index (χ0) is 17.5. The molecule has 2 aromatic rings. The highest BCUT2D eigenvalue weighted by Crippen LogP contribution is 2.14. The van der Waals surface area contributed by atoms with Crippen LogP contribution >= 0.6 is 0 Å². The first kappa shape index (κ1) is 17.0. The van der Waals surface area contributed by atoms with Crippen LogP contribution in [0.15, 0.2) is 53.2 Å². The van der Waals surface area contributed by atoms with E-state index >= 15 is 0 Å². The summed E-state index contributed by atoms with van der Waals surface area (Å²) in [4.78, 5) is 25.8. The van der Waals surface area contributed by atoms with Gasteiger partial charge in [0.05, 0.1) is 19.5 Å². The molecule has 0 spiro atoms. The Kier molecular flexibility index (Phi) is 5.64. The molecule has 0 saturated carbocycles. The first-order valence-corrected chi connectivity index (χ1v) is 8.07. The molecule has 1 aromatic heterocycles. The fourth-order valence-electron chi connectivity index (χ4n) is 2.40. The molecule has 3 rings (SSSR count). The number of benzene rings is 1. The van der Waals surface area contributed by atoms with Crippen LogP contribution in [-0.2, 0) is 9.53 Å². The van der Waals surface area contributed by atoms with Crippen molar-refractivity contribution in [1.29, 1.82) is 0 Å². The maximum atomic E-state index is 12.1. The number of amides is 1. The summed E-state index contributed by atoms with van der Waals surface area (Å²) in [5, 5.41) is 0. The topological polar surface area (TPSA) is 69.0 Å². The van der Waals surface area contributed by atoms with Gasteiger partial charge < -0.3 is 18.8 Å². The van der Waals surface area contributed by atoms with Gasteiger partial charge in [0.2, 0.25) is 0 Å². The third-order valence-corrected chi connectivity index (χ3v) is 3.81. The lowest BCUT2D eigenvalue weighted by Crippen LogP contribution is -2.42. The van der Waals surface area contributed by atoms with E-state index in [2.05, 4.69) is 0 Å². The number of allylic oxidation sites excluding steroid dienone is 1. The predicted molar refractivity (Wildman–Crippen MR) is 91.4 cm³/mol. The van der Waals surface area contributed by atoms with Crippen molar-refractivity contribution in [2.75, 3.05) is 32.9 Å². The van der Waals surface area contributed by atoms with Gasteiger partial charge in [-0.1, -0.05) is 0 Å². The Morgan fingerprint density at radius 2 is 1.88 bits per heavy atom. The first-order valence-electron chi connectivity index (χ1n) is 8.07. The van der Waals surface area contributed by atoms with Gasteiger partial charge in [-0.25, -0.2) is 0 Å². The van der Waals surface area contributed by atoms with Crippen LogP contribution in [0.5, 0.6) is 5.75 Å². The molecule has 0 unspecified atom stereocenters. The number of furan rings is 1. The van der Waals surface area contributed by atoms with Gasteiger partial charge in [0.1, 0.15) is 11.5 Å². The van der Waals surface area contributed by atoms with Crippen molar-refractivity contribution in [3.63, 3.8) is 0 Å². The second-order valence-corrected chi connectivity index (χ2v) is 5.52. The average molecular weight is 341 g/mol. The Balaban J connectivity index is 1.51. The molecule has 1 aliphatic heterocycles. The second kappa shape index (κ2) is 8.30. The van der Waals surface area contributed by atoms with E-state index in [1.807, 2.05) is 0 Å². The molecule has 6 nitrogen and oxygen atoms in total. The summed E-state index contributed by atoms with van der Waals surface area (Å²) in [6.07, 6.45) is 4.62. The maximum absolute atomic E-state index is 12.1. The monoisotopic (exact) mass is 341 g/mol. The minimum absolute atomic E-state index is 0.0221. The van der Waals surface area contributed by atoms with Crippen LogP contribution in [0.4, 0.5) is 0 Å². The lowest BCUT2D eigenvalue weighted by atomic mass is 10.1. The highest BCUT2D eigenvalue weighted by molar-refractivity contribution is 6.06. The minimum atomic E-state index is -0.132. The van der Waals surface area contributed by atoms with Gasteiger partial charge in [0.15, 0.2) is 12.4 Å². The van der Waals surface area contributed by atoms with Gasteiger partial charge >= 0.3 is 0 Å². The zero-order valence-electron chi connectivity index (χ0n) is 13.7. The summed E-state index contributed by atoms with van der Waals surface area (Å²) in [5.74, 6) is 0.972. The molecule has 2 heterocycles. The molecule has 6 heteroatoms. The van der Waals surface area contributed by atoms with Gasteiger partial charge in [-0.05, 0) is 48.6 Å². The fourth-order valence-corrected chi connectivity index (χ4v) is 2.40. The predicted octanol–water partition coefficient (Wildman–Crippen LogP) is 2.41. The third-order valence-electron chi connectivity index (χ3n) is 3.81. The minimum Gasteiger partial charge on any atom is -0.484 e. The highest BCUT2D eigenvalue weighted by atomic mass is 16.5. The van der Waals surface area contributed by atoms with Gasteiger partial charge in [0, 0.05) is 18.7 Å². The average Bonchev–Trinajstić information content (AvgIpc) is 3.19. The second-order valence-electron chi connectivity index (χ2n) is 5.52. The molecule has 1 amide bonds. The van der Waals surface area contributed by atoms with Crippen LogP contribution in [0.25, 0.3) is 6.08 Å². The Labute approximate surface area is 145 Å². The molecule has 0 aliphatic carbocycles. The summed E-state index contributed by atoms with van der Waals surface area (Å²) in [5.41, 5.74) is 0.537. The Hall–Kier alpha value is -2.86. The van der Waals surface area contributed by atoms with Crippen LogP contribution in [0.2, 0.25) is 0 Å². The van der Waals surface area contributed by atoms with Gasteiger partial charge in [-0.2, -0.15) is 0 Å².